The number of hydrogen-bond acceptors (Lipinski definition) is 3. The van der Waals surface area contributed by atoms with E-state index in [9.17, 15) is 4.79 Å². The normalized spacial score (nSPS) is 16.1. The highest BCUT2D eigenvalue weighted by Crippen LogP contribution is 2.21. The van der Waals surface area contributed by atoms with Crippen LogP contribution in [0.15, 0.2) is 18.2 Å². The summed E-state index contributed by atoms with van der Waals surface area (Å²) < 4.78 is 0. The Labute approximate surface area is 102 Å². The van der Waals surface area contributed by atoms with E-state index in [4.69, 9.17) is 9.78 Å². The Hall–Kier alpha value is -1.35. The van der Waals surface area contributed by atoms with Gasteiger partial charge in [-0.1, -0.05) is 30.0 Å². The lowest BCUT2D eigenvalue weighted by Gasteiger charge is -2.09. The molecule has 2 rings (SSSR count). The van der Waals surface area contributed by atoms with Crippen molar-refractivity contribution in [2.75, 3.05) is 0 Å². The summed E-state index contributed by atoms with van der Waals surface area (Å²) in [6, 6.07) is 5.65. The molecule has 0 atom stereocenters. The monoisotopic (exact) mass is 234 g/mol. The average molecular weight is 234 g/mol. The SMILES string of the molecule is Cc1cc(C)cc(C(=O)OOC2CCCC2)c1. The van der Waals surface area contributed by atoms with Crippen molar-refractivity contribution < 1.29 is 14.6 Å². The first-order chi connectivity index (χ1) is 8.15. The number of carbonyl (C=O) groups is 1. The highest BCUT2D eigenvalue weighted by atomic mass is 17.2. The summed E-state index contributed by atoms with van der Waals surface area (Å²) in [5.74, 6) is -0.399. The first-order valence-corrected chi connectivity index (χ1v) is 6.11. The molecular formula is C14H18O3. The van der Waals surface area contributed by atoms with Gasteiger partial charge in [0, 0.05) is 0 Å². The molecular weight excluding hydrogens is 216 g/mol. The Bertz CT molecular complexity index is 386. The van der Waals surface area contributed by atoms with Crippen LogP contribution in [-0.4, -0.2) is 12.1 Å². The summed E-state index contributed by atoms with van der Waals surface area (Å²) in [6.45, 7) is 3.92. The third kappa shape index (κ3) is 3.30. The maximum absolute atomic E-state index is 11.8. The second kappa shape index (κ2) is 5.32. The van der Waals surface area contributed by atoms with Gasteiger partial charge in [-0.2, -0.15) is 4.89 Å². The van der Waals surface area contributed by atoms with E-state index in [-0.39, 0.29) is 6.10 Å². The summed E-state index contributed by atoms with van der Waals surface area (Å²) in [7, 11) is 0. The molecule has 3 nitrogen and oxygen atoms in total. The number of rotatable bonds is 3. The van der Waals surface area contributed by atoms with Gasteiger partial charge in [-0.25, -0.2) is 4.79 Å². The van der Waals surface area contributed by atoms with Crippen molar-refractivity contribution >= 4 is 5.97 Å². The molecule has 1 saturated carbocycles. The second-order valence-corrected chi connectivity index (χ2v) is 4.75. The maximum atomic E-state index is 11.8. The average Bonchev–Trinajstić information content (AvgIpc) is 2.77. The molecule has 0 heterocycles. The summed E-state index contributed by atoms with van der Waals surface area (Å²) in [5, 5.41) is 0. The van der Waals surface area contributed by atoms with E-state index in [0.29, 0.717) is 5.56 Å². The summed E-state index contributed by atoms with van der Waals surface area (Å²) in [4.78, 5) is 21.8. The molecule has 3 heteroatoms. The molecule has 0 aromatic heterocycles. The highest BCUT2D eigenvalue weighted by Gasteiger charge is 2.19. The molecule has 1 aliphatic carbocycles. The van der Waals surface area contributed by atoms with Crippen molar-refractivity contribution in [2.24, 2.45) is 0 Å². The molecule has 0 aliphatic heterocycles. The molecule has 0 saturated heterocycles. The summed E-state index contributed by atoms with van der Waals surface area (Å²) >= 11 is 0. The third-order valence-corrected chi connectivity index (χ3v) is 3.02. The van der Waals surface area contributed by atoms with E-state index < -0.39 is 5.97 Å². The lowest BCUT2D eigenvalue weighted by Crippen LogP contribution is -2.13. The van der Waals surface area contributed by atoms with Crippen molar-refractivity contribution in [2.45, 2.75) is 45.6 Å². The summed E-state index contributed by atoms with van der Waals surface area (Å²) in [5.41, 5.74) is 2.66. The summed E-state index contributed by atoms with van der Waals surface area (Å²) in [6.07, 6.45) is 4.38. The second-order valence-electron chi connectivity index (χ2n) is 4.75. The number of hydrogen-bond donors (Lipinski definition) is 0. The molecule has 0 unspecified atom stereocenters. The predicted molar refractivity (Wildman–Crippen MR) is 64.7 cm³/mol. The molecule has 0 spiro atoms. The van der Waals surface area contributed by atoms with Gasteiger partial charge in [0.1, 0.15) is 6.10 Å². The molecule has 0 N–H and O–H groups in total. The highest BCUT2D eigenvalue weighted by molar-refractivity contribution is 5.89. The van der Waals surface area contributed by atoms with E-state index in [1.807, 2.05) is 32.0 Å². The Morgan fingerprint density at radius 1 is 1.12 bits per heavy atom. The minimum absolute atomic E-state index is 0.0878. The van der Waals surface area contributed by atoms with Gasteiger partial charge in [0.05, 0.1) is 5.56 Å². The van der Waals surface area contributed by atoms with Crippen molar-refractivity contribution in [3.63, 3.8) is 0 Å². The fourth-order valence-corrected chi connectivity index (χ4v) is 2.24. The molecule has 17 heavy (non-hydrogen) atoms. The standard InChI is InChI=1S/C14H18O3/c1-10-7-11(2)9-12(8-10)14(15)17-16-13-5-3-4-6-13/h7-9,13H,3-6H2,1-2H3. The fraction of sp³-hybridized carbons (Fsp3) is 0.500. The van der Waals surface area contributed by atoms with Gasteiger partial charge in [-0.3, -0.25) is 4.89 Å². The largest absolute Gasteiger partial charge is 0.373 e. The molecule has 92 valence electrons. The van der Waals surface area contributed by atoms with E-state index in [1.54, 1.807) is 0 Å². The first kappa shape index (κ1) is 12.1. The maximum Gasteiger partial charge on any atom is 0.373 e. The zero-order valence-corrected chi connectivity index (χ0v) is 10.4. The third-order valence-electron chi connectivity index (χ3n) is 3.02. The Morgan fingerprint density at radius 2 is 1.71 bits per heavy atom. The lowest BCUT2D eigenvalue weighted by atomic mass is 10.1. The van der Waals surface area contributed by atoms with Crippen LogP contribution in [0.25, 0.3) is 0 Å². The van der Waals surface area contributed by atoms with E-state index >= 15 is 0 Å². The van der Waals surface area contributed by atoms with E-state index in [0.717, 1.165) is 36.8 Å². The van der Waals surface area contributed by atoms with Gasteiger partial charge in [-0.05, 0) is 38.8 Å². The van der Waals surface area contributed by atoms with Gasteiger partial charge in [0.2, 0.25) is 0 Å². The van der Waals surface area contributed by atoms with Crippen LogP contribution in [0.1, 0.15) is 47.2 Å². The van der Waals surface area contributed by atoms with Crippen molar-refractivity contribution in [1.82, 2.24) is 0 Å². The molecule has 1 fully saturated rings. The van der Waals surface area contributed by atoms with Crippen LogP contribution < -0.4 is 0 Å². The van der Waals surface area contributed by atoms with Crippen LogP contribution in [0.5, 0.6) is 0 Å². The van der Waals surface area contributed by atoms with Gasteiger partial charge >= 0.3 is 5.97 Å². The fourth-order valence-electron chi connectivity index (χ4n) is 2.24. The lowest BCUT2D eigenvalue weighted by molar-refractivity contribution is -0.272. The molecule has 0 amide bonds. The number of benzene rings is 1. The van der Waals surface area contributed by atoms with Crippen molar-refractivity contribution in [1.29, 1.82) is 0 Å². The van der Waals surface area contributed by atoms with Gasteiger partial charge in [-0.15, -0.1) is 0 Å². The Balaban J connectivity index is 1.94. The van der Waals surface area contributed by atoms with Gasteiger partial charge in [0.25, 0.3) is 0 Å². The zero-order valence-electron chi connectivity index (χ0n) is 10.4. The minimum atomic E-state index is -0.399. The van der Waals surface area contributed by atoms with Crippen molar-refractivity contribution in [3.8, 4) is 0 Å². The van der Waals surface area contributed by atoms with Crippen LogP contribution in [0, 0.1) is 13.8 Å². The van der Waals surface area contributed by atoms with E-state index in [2.05, 4.69) is 0 Å². The minimum Gasteiger partial charge on any atom is -0.293 e. The molecule has 0 radical (unpaired) electrons. The molecule has 1 aromatic rings. The smallest absolute Gasteiger partial charge is 0.293 e. The topological polar surface area (TPSA) is 35.5 Å². The zero-order chi connectivity index (χ0) is 12.3. The Morgan fingerprint density at radius 3 is 2.29 bits per heavy atom. The van der Waals surface area contributed by atoms with Gasteiger partial charge in [0.15, 0.2) is 0 Å². The quantitative estimate of drug-likeness (QED) is 0.594. The van der Waals surface area contributed by atoms with Crippen LogP contribution in [-0.2, 0) is 9.78 Å². The Kier molecular flexibility index (Phi) is 3.79. The van der Waals surface area contributed by atoms with Crippen LogP contribution in [0.3, 0.4) is 0 Å². The van der Waals surface area contributed by atoms with E-state index in [1.165, 1.54) is 0 Å². The van der Waals surface area contributed by atoms with Crippen LogP contribution in [0.4, 0.5) is 0 Å². The first-order valence-electron chi connectivity index (χ1n) is 6.11. The van der Waals surface area contributed by atoms with Crippen LogP contribution >= 0.6 is 0 Å². The molecule has 1 aromatic carbocycles. The van der Waals surface area contributed by atoms with Gasteiger partial charge < -0.3 is 0 Å². The van der Waals surface area contributed by atoms with Crippen molar-refractivity contribution in [3.05, 3.63) is 34.9 Å². The number of carbonyl (C=O) groups excluding carboxylic acids is 1. The molecule has 0 bridgehead atoms. The van der Waals surface area contributed by atoms with Crippen LogP contribution in [0.2, 0.25) is 0 Å². The number of aryl methyl sites for hydroxylation is 2. The molecule has 1 aliphatic rings. The predicted octanol–water partition coefficient (Wildman–Crippen LogP) is 3.33.